The highest BCUT2D eigenvalue weighted by atomic mass is 19.3. The summed E-state index contributed by atoms with van der Waals surface area (Å²) in [5.74, 6) is 1.42. The van der Waals surface area contributed by atoms with E-state index in [9.17, 15) is 8.78 Å². The number of rotatable bonds is 4. The van der Waals surface area contributed by atoms with Crippen molar-refractivity contribution in [1.82, 2.24) is 0 Å². The van der Waals surface area contributed by atoms with Gasteiger partial charge in [-0.3, -0.25) is 0 Å². The van der Waals surface area contributed by atoms with E-state index in [1.54, 1.807) is 18.2 Å². The first kappa shape index (κ1) is 14.1. The summed E-state index contributed by atoms with van der Waals surface area (Å²) < 4.78 is 29.3. The van der Waals surface area contributed by atoms with Gasteiger partial charge in [-0.1, -0.05) is 38.8 Å². The molecule has 1 aliphatic carbocycles. The first-order chi connectivity index (χ1) is 9.08. The zero-order valence-corrected chi connectivity index (χ0v) is 11.4. The van der Waals surface area contributed by atoms with Crippen LogP contribution in [0, 0.1) is 11.8 Å². The topological polar surface area (TPSA) is 21.3 Å². The number of benzene rings is 1. The SMILES string of the molecule is CC1CCCC(Nc2ccccc2OC(F)F)C1C. The molecule has 1 fully saturated rings. The molecule has 2 nitrogen and oxygen atoms in total. The second kappa shape index (κ2) is 6.22. The van der Waals surface area contributed by atoms with Crippen molar-refractivity contribution in [2.24, 2.45) is 11.8 Å². The zero-order chi connectivity index (χ0) is 13.8. The molecule has 0 saturated heterocycles. The molecular weight excluding hydrogens is 248 g/mol. The normalized spacial score (nSPS) is 27.3. The standard InChI is InChI=1S/C15H21F2NO/c1-10-6-5-8-12(11(10)2)18-13-7-3-4-9-14(13)19-15(16)17/h3-4,7,9-12,15,18H,5-6,8H2,1-2H3. The fourth-order valence-electron chi connectivity index (χ4n) is 2.77. The zero-order valence-electron chi connectivity index (χ0n) is 11.4. The quantitative estimate of drug-likeness (QED) is 0.867. The van der Waals surface area contributed by atoms with Crippen LogP contribution in [0.1, 0.15) is 33.1 Å². The molecule has 2 rings (SSSR count). The van der Waals surface area contributed by atoms with Crippen LogP contribution in [0.15, 0.2) is 24.3 Å². The second-order valence-corrected chi connectivity index (χ2v) is 5.39. The third kappa shape index (κ3) is 3.58. The number of nitrogens with one attached hydrogen (secondary N) is 1. The molecule has 1 aliphatic rings. The van der Waals surface area contributed by atoms with Crippen molar-refractivity contribution < 1.29 is 13.5 Å². The number of hydrogen-bond acceptors (Lipinski definition) is 2. The molecule has 106 valence electrons. The molecule has 0 bridgehead atoms. The third-order valence-electron chi connectivity index (χ3n) is 4.15. The summed E-state index contributed by atoms with van der Waals surface area (Å²) in [5, 5.41) is 3.38. The second-order valence-electron chi connectivity index (χ2n) is 5.39. The number of alkyl halides is 2. The lowest BCUT2D eigenvalue weighted by molar-refractivity contribution is -0.0494. The average molecular weight is 269 g/mol. The maximum atomic E-state index is 12.4. The van der Waals surface area contributed by atoms with E-state index in [0.29, 0.717) is 23.6 Å². The fraction of sp³-hybridized carbons (Fsp3) is 0.600. The predicted molar refractivity (Wildman–Crippen MR) is 72.7 cm³/mol. The van der Waals surface area contributed by atoms with Gasteiger partial charge in [0.2, 0.25) is 0 Å². The minimum atomic E-state index is -2.79. The Labute approximate surface area is 113 Å². The van der Waals surface area contributed by atoms with E-state index in [-0.39, 0.29) is 5.75 Å². The van der Waals surface area contributed by atoms with Crippen LogP contribution in [0.25, 0.3) is 0 Å². The van der Waals surface area contributed by atoms with Crippen LogP contribution in [-0.4, -0.2) is 12.7 Å². The van der Waals surface area contributed by atoms with E-state index in [1.165, 1.54) is 12.8 Å². The van der Waals surface area contributed by atoms with E-state index >= 15 is 0 Å². The molecule has 0 aliphatic heterocycles. The van der Waals surface area contributed by atoms with Crippen molar-refractivity contribution in [2.45, 2.75) is 45.8 Å². The molecule has 1 N–H and O–H groups in total. The van der Waals surface area contributed by atoms with Gasteiger partial charge in [-0.15, -0.1) is 0 Å². The maximum Gasteiger partial charge on any atom is 0.387 e. The van der Waals surface area contributed by atoms with Gasteiger partial charge >= 0.3 is 6.61 Å². The van der Waals surface area contributed by atoms with Crippen molar-refractivity contribution >= 4 is 5.69 Å². The molecule has 1 saturated carbocycles. The first-order valence-corrected chi connectivity index (χ1v) is 6.88. The summed E-state index contributed by atoms with van der Waals surface area (Å²) in [6, 6.07) is 7.23. The summed E-state index contributed by atoms with van der Waals surface area (Å²) in [4.78, 5) is 0. The van der Waals surface area contributed by atoms with Crippen LogP contribution in [-0.2, 0) is 0 Å². The summed E-state index contributed by atoms with van der Waals surface area (Å²) in [6.07, 6.45) is 3.50. The van der Waals surface area contributed by atoms with E-state index in [4.69, 9.17) is 0 Å². The highest BCUT2D eigenvalue weighted by molar-refractivity contribution is 5.56. The van der Waals surface area contributed by atoms with Gasteiger partial charge in [-0.05, 0) is 30.4 Å². The smallest absolute Gasteiger partial charge is 0.387 e. The molecule has 4 heteroatoms. The molecule has 3 atom stereocenters. The Bertz CT molecular complexity index is 411. The van der Waals surface area contributed by atoms with Gasteiger partial charge in [0.05, 0.1) is 5.69 Å². The summed E-state index contributed by atoms with van der Waals surface area (Å²) in [7, 11) is 0. The molecule has 1 aromatic rings. The Balaban J connectivity index is 2.09. The molecule has 0 radical (unpaired) electrons. The Morgan fingerprint density at radius 1 is 1.21 bits per heavy atom. The highest BCUT2D eigenvalue weighted by Gasteiger charge is 2.27. The Morgan fingerprint density at radius 2 is 1.95 bits per heavy atom. The summed E-state index contributed by atoms with van der Waals surface area (Å²) in [6.45, 7) is 1.68. The number of para-hydroxylation sites is 2. The van der Waals surface area contributed by atoms with Gasteiger partial charge < -0.3 is 10.1 Å². The first-order valence-electron chi connectivity index (χ1n) is 6.88. The van der Waals surface area contributed by atoms with Gasteiger partial charge in [0.25, 0.3) is 0 Å². The monoisotopic (exact) mass is 269 g/mol. The molecule has 3 unspecified atom stereocenters. The predicted octanol–water partition coefficient (Wildman–Crippen LogP) is 4.52. The van der Waals surface area contributed by atoms with Gasteiger partial charge in [0.15, 0.2) is 0 Å². The molecule has 0 amide bonds. The average Bonchev–Trinajstić information content (AvgIpc) is 2.36. The van der Waals surface area contributed by atoms with E-state index in [1.807, 2.05) is 6.07 Å². The van der Waals surface area contributed by atoms with Gasteiger partial charge in [0, 0.05) is 6.04 Å². The summed E-state index contributed by atoms with van der Waals surface area (Å²) >= 11 is 0. The lowest BCUT2D eigenvalue weighted by Gasteiger charge is -2.35. The van der Waals surface area contributed by atoms with Crippen LogP contribution in [0.4, 0.5) is 14.5 Å². The minimum Gasteiger partial charge on any atom is -0.433 e. The van der Waals surface area contributed by atoms with Gasteiger partial charge in [-0.25, -0.2) is 0 Å². The Hall–Kier alpha value is -1.32. The van der Waals surface area contributed by atoms with Crippen LogP contribution in [0.3, 0.4) is 0 Å². The van der Waals surface area contributed by atoms with Crippen LogP contribution in [0.5, 0.6) is 5.75 Å². The van der Waals surface area contributed by atoms with Crippen molar-refractivity contribution in [3.63, 3.8) is 0 Å². The molecule has 0 aromatic heterocycles. The van der Waals surface area contributed by atoms with Gasteiger partial charge in [0.1, 0.15) is 5.75 Å². The van der Waals surface area contributed by atoms with Crippen molar-refractivity contribution in [3.05, 3.63) is 24.3 Å². The number of hydrogen-bond donors (Lipinski definition) is 1. The van der Waals surface area contributed by atoms with Gasteiger partial charge in [-0.2, -0.15) is 8.78 Å². The maximum absolute atomic E-state index is 12.4. The third-order valence-corrected chi connectivity index (χ3v) is 4.15. The van der Waals surface area contributed by atoms with Crippen molar-refractivity contribution in [2.75, 3.05) is 5.32 Å². The number of anilines is 1. The number of ether oxygens (including phenoxy) is 1. The fourth-order valence-corrected chi connectivity index (χ4v) is 2.77. The minimum absolute atomic E-state index is 0.225. The summed E-state index contributed by atoms with van der Waals surface area (Å²) in [5.41, 5.74) is 0.661. The van der Waals surface area contributed by atoms with E-state index in [2.05, 4.69) is 23.9 Å². The van der Waals surface area contributed by atoms with E-state index < -0.39 is 6.61 Å². The Kier molecular flexibility index (Phi) is 4.61. The van der Waals surface area contributed by atoms with Crippen molar-refractivity contribution in [3.8, 4) is 5.75 Å². The molecule has 19 heavy (non-hydrogen) atoms. The largest absolute Gasteiger partial charge is 0.433 e. The molecule has 0 heterocycles. The highest BCUT2D eigenvalue weighted by Crippen LogP contribution is 2.34. The number of halogens is 2. The van der Waals surface area contributed by atoms with E-state index in [0.717, 1.165) is 6.42 Å². The Morgan fingerprint density at radius 3 is 2.68 bits per heavy atom. The molecular formula is C15H21F2NO. The molecule has 0 spiro atoms. The van der Waals surface area contributed by atoms with Crippen molar-refractivity contribution in [1.29, 1.82) is 0 Å². The molecule has 1 aromatic carbocycles. The lowest BCUT2D eigenvalue weighted by atomic mass is 9.78. The van der Waals surface area contributed by atoms with Crippen LogP contribution in [0.2, 0.25) is 0 Å². The lowest BCUT2D eigenvalue weighted by Crippen LogP contribution is -2.35. The van der Waals surface area contributed by atoms with Crippen LogP contribution >= 0.6 is 0 Å². The van der Waals surface area contributed by atoms with Crippen LogP contribution < -0.4 is 10.1 Å².